The van der Waals surface area contributed by atoms with Gasteiger partial charge in [0.15, 0.2) is 11.5 Å². The first kappa shape index (κ1) is 29.6. The molecule has 4 amide bonds. The minimum absolute atomic E-state index is 0.207. The van der Waals surface area contributed by atoms with Crippen molar-refractivity contribution in [3.05, 3.63) is 123 Å². The summed E-state index contributed by atoms with van der Waals surface area (Å²) >= 11 is 3.52. The summed E-state index contributed by atoms with van der Waals surface area (Å²) in [5, 5.41) is 2.25. The number of aryl methyl sites for hydroxylation is 2. The van der Waals surface area contributed by atoms with Crippen LogP contribution in [0.4, 0.5) is 10.5 Å². The fraction of sp³-hybridized carbons (Fsp3) is 0.147. The first-order valence-electron chi connectivity index (χ1n) is 13.5. The van der Waals surface area contributed by atoms with Gasteiger partial charge in [0.1, 0.15) is 24.5 Å². The third-order valence-corrected chi connectivity index (χ3v) is 7.38. The summed E-state index contributed by atoms with van der Waals surface area (Å²) in [6, 6.07) is 25.1. The lowest BCUT2D eigenvalue weighted by molar-refractivity contribution is -0.122. The minimum atomic E-state index is -0.834. The standard InChI is InChI=1S/C34H29BrN2O6/c1-21-4-8-23(9-5-21)19-42-27-14-12-26(13-15-27)37-33(39)28(32(38)36-34(37)40)16-25-17-29(35)31(30(18-25)41-3)43-20-24-10-6-22(2)7-11-24/h4-18H,19-20H2,1-3H3,(H,36,38,40)/b28-16+. The molecule has 0 aliphatic carbocycles. The zero-order chi connectivity index (χ0) is 30.5. The maximum Gasteiger partial charge on any atom is 0.335 e. The van der Waals surface area contributed by atoms with Crippen molar-refractivity contribution < 1.29 is 28.6 Å². The molecule has 9 heteroatoms. The smallest absolute Gasteiger partial charge is 0.335 e. The van der Waals surface area contributed by atoms with Crippen LogP contribution < -0.4 is 24.4 Å². The van der Waals surface area contributed by atoms with Gasteiger partial charge in [-0.1, -0.05) is 59.7 Å². The fourth-order valence-corrected chi connectivity index (χ4v) is 4.98. The molecule has 1 N–H and O–H groups in total. The van der Waals surface area contributed by atoms with Crippen LogP contribution in [-0.2, 0) is 22.8 Å². The van der Waals surface area contributed by atoms with Gasteiger partial charge in [-0.25, -0.2) is 9.69 Å². The van der Waals surface area contributed by atoms with Gasteiger partial charge < -0.3 is 14.2 Å². The van der Waals surface area contributed by atoms with Crippen LogP contribution in [0.2, 0.25) is 0 Å². The molecule has 0 aromatic heterocycles. The van der Waals surface area contributed by atoms with E-state index in [9.17, 15) is 14.4 Å². The van der Waals surface area contributed by atoms with E-state index in [1.165, 1.54) is 13.2 Å². The van der Waals surface area contributed by atoms with Crippen molar-refractivity contribution in [1.29, 1.82) is 0 Å². The highest BCUT2D eigenvalue weighted by Crippen LogP contribution is 2.38. The number of urea groups is 1. The van der Waals surface area contributed by atoms with Crippen molar-refractivity contribution in [3.63, 3.8) is 0 Å². The molecule has 0 atom stereocenters. The van der Waals surface area contributed by atoms with Gasteiger partial charge in [-0.3, -0.25) is 14.9 Å². The summed E-state index contributed by atoms with van der Waals surface area (Å²) in [6.45, 7) is 4.73. The third-order valence-electron chi connectivity index (χ3n) is 6.79. The SMILES string of the molecule is COc1cc(/C=C2\C(=O)NC(=O)N(c3ccc(OCc4ccc(C)cc4)cc3)C2=O)cc(Br)c1OCc1ccc(C)cc1. The summed E-state index contributed by atoms with van der Waals surface area (Å²) < 4.78 is 18.0. The topological polar surface area (TPSA) is 94.2 Å². The molecule has 1 aliphatic rings. The highest BCUT2D eigenvalue weighted by molar-refractivity contribution is 9.10. The molecule has 0 bridgehead atoms. The van der Waals surface area contributed by atoms with Crippen molar-refractivity contribution in [3.8, 4) is 17.2 Å². The number of nitrogens with zero attached hydrogens (tertiary/aromatic N) is 1. The molecule has 43 heavy (non-hydrogen) atoms. The largest absolute Gasteiger partial charge is 0.493 e. The molecule has 0 unspecified atom stereocenters. The summed E-state index contributed by atoms with van der Waals surface area (Å²) in [5.74, 6) is -0.0871. The number of anilines is 1. The minimum Gasteiger partial charge on any atom is -0.493 e. The van der Waals surface area contributed by atoms with E-state index in [1.54, 1.807) is 36.4 Å². The van der Waals surface area contributed by atoms with E-state index in [2.05, 4.69) is 21.2 Å². The number of carbonyl (C=O) groups is 3. The van der Waals surface area contributed by atoms with Gasteiger partial charge in [-0.2, -0.15) is 0 Å². The van der Waals surface area contributed by atoms with E-state index in [0.717, 1.165) is 27.2 Å². The molecule has 4 aromatic rings. The predicted molar refractivity (Wildman–Crippen MR) is 167 cm³/mol. The van der Waals surface area contributed by atoms with Gasteiger partial charge >= 0.3 is 6.03 Å². The number of nitrogens with one attached hydrogen (secondary N) is 1. The number of carbonyl (C=O) groups excluding carboxylic acids is 3. The lowest BCUT2D eigenvalue weighted by atomic mass is 10.1. The Kier molecular flexibility index (Phi) is 8.92. The Balaban J connectivity index is 1.33. The van der Waals surface area contributed by atoms with E-state index in [1.807, 2.05) is 62.4 Å². The number of barbiturate groups is 1. The van der Waals surface area contributed by atoms with Gasteiger partial charge in [0.2, 0.25) is 0 Å². The van der Waals surface area contributed by atoms with Crippen LogP contribution in [0.25, 0.3) is 6.08 Å². The molecule has 1 heterocycles. The number of hydrogen-bond donors (Lipinski definition) is 1. The molecular weight excluding hydrogens is 612 g/mol. The first-order chi connectivity index (χ1) is 20.7. The molecule has 0 radical (unpaired) electrons. The fourth-order valence-electron chi connectivity index (χ4n) is 4.40. The summed E-state index contributed by atoms with van der Waals surface area (Å²) in [5.41, 5.74) is 4.91. The summed E-state index contributed by atoms with van der Waals surface area (Å²) in [7, 11) is 1.50. The lowest BCUT2D eigenvalue weighted by Gasteiger charge is -2.26. The Labute approximate surface area is 258 Å². The van der Waals surface area contributed by atoms with Crippen LogP contribution in [0.5, 0.6) is 17.2 Å². The number of rotatable bonds is 9. The van der Waals surface area contributed by atoms with Crippen LogP contribution in [0.3, 0.4) is 0 Å². The molecular formula is C34H29BrN2O6. The molecule has 8 nitrogen and oxygen atoms in total. The molecule has 5 rings (SSSR count). The number of benzene rings is 4. The van der Waals surface area contributed by atoms with E-state index in [4.69, 9.17) is 14.2 Å². The van der Waals surface area contributed by atoms with Gasteiger partial charge in [0.05, 0.1) is 17.3 Å². The molecule has 0 saturated carbocycles. The number of ether oxygens (including phenoxy) is 3. The zero-order valence-corrected chi connectivity index (χ0v) is 25.4. The van der Waals surface area contributed by atoms with Gasteiger partial charge in [-0.05, 0) is 88.9 Å². The summed E-state index contributed by atoms with van der Waals surface area (Å²) in [4.78, 5) is 39.8. The number of imide groups is 2. The number of methoxy groups -OCH3 is 1. The number of halogens is 1. The number of amides is 4. The number of hydrogen-bond acceptors (Lipinski definition) is 6. The van der Waals surface area contributed by atoms with Crippen LogP contribution in [0.15, 0.2) is 95.0 Å². The Hall–Kier alpha value is -4.89. The van der Waals surface area contributed by atoms with Crippen LogP contribution in [0.1, 0.15) is 27.8 Å². The van der Waals surface area contributed by atoms with Gasteiger partial charge in [0.25, 0.3) is 11.8 Å². The van der Waals surface area contributed by atoms with Crippen molar-refractivity contribution in [2.45, 2.75) is 27.1 Å². The normalized spacial score (nSPS) is 14.1. The van der Waals surface area contributed by atoms with Crippen LogP contribution >= 0.6 is 15.9 Å². The quantitative estimate of drug-likeness (QED) is 0.158. The third kappa shape index (κ3) is 6.95. The second-order valence-corrected chi connectivity index (χ2v) is 10.9. The highest BCUT2D eigenvalue weighted by Gasteiger charge is 2.37. The molecule has 1 saturated heterocycles. The Morgan fingerprint density at radius 3 is 1.95 bits per heavy atom. The first-order valence-corrected chi connectivity index (χ1v) is 14.3. The Morgan fingerprint density at radius 2 is 1.37 bits per heavy atom. The predicted octanol–water partition coefficient (Wildman–Crippen LogP) is 6.90. The molecule has 1 fully saturated rings. The van der Waals surface area contributed by atoms with Gasteiger partial charge in [-0.15, -0.1) is 0 Å². The van der Waals surface area contributed by atoms with Gasteiger partial charge in [0, 0.05) is 0 Å². The maximum absolute atomic E-state index is 13.4. The van der Waals surface area contributed by atoms with E-state index in [0.29, 0.717) is 46.2 Å². The lowest BCUT2D eigenvalue weighted by Crippen LogP contribution is -2.54. The van der Waals surface area contributed by atoms with Crippen LogP contribution in [0, 0.1) is 13.8 Å². The van der Waals surface area contributed by atoms with E-state index < -0.39 is 17.8 Å². The second-order valence-electron chi connectivity index (χ2n) is 10.0. The molecule has 218 valence electrons. The molecule has 0 spiro atoms. The zero-order valence-electron chi connectivity index (χ0n) is 23.8. The van der Waals surface area contributed by atoms with E-state index >= 15 is 0 Å². The van der Waals surface area contributed by atoms with Crippen molar-refractivity contribution in [2.75, 3.05) is 12.0 Å². The summed E-state index contributed by atoms with van der Waals surface area (Å²) in [6.07, 6.45) is 1.41. The Bertz CT molecular complexity index is 1700. The maximum atomic E-state index is 13.4. The Morgan fingerprint density at radius 1 is 0.791 bits per heavy atom. The average molecular weight is 642 g/mol. The monoisotopic (exact) mass is 640 g/mol. The molecule has 4 aromatic carbocycles. The van der Waals surface area contributed by atoms with Crippen molar-refractivity contribution in [1.82, 2.24) is 5.32 Å². The van der Waals surface area contributed by atoms with Crippen molar-refractivity contribution in [2.24, 2.45) is 0 Å². The average Bonchev–Trinajstić information content (AvgIpc) is 2.99. The van der Waals surface area contributed by atoms with Crippen molar-refractivity contribution >= 4 is 45.5 Å². The van der Waals surface area contributed by atoms with Crippen LogP contribution in [-0.4, -0.2) is 25.0 Å². The second kappa shape index (κ2) is 13.0. The highest BCUT2D eigenvalue weighted by atomic mass is 79.9. The molecule has 1 aliphatic heterocycles. The van der Waals surface area contributed by atoms with E-state index in [-0.39, 0.29) is 5.57 Å².